The van der Waals surface area contributed by atoms with E-state index in [1.165, 1.54) is 0 Å². The monoisotopic (exact) mass is 304 g/mol. The van der Waals surface area contributed by atoms with Gasteiger partial charge in [0.2, 0.25) is 5.91 Å². The minimum atomic E-state index is -0.198. The van der Waals surface area contributed by atoms with Gasteiger partial charge in [-0.25, -0.2) is 0 Å². The molecule has 2 saturated heterocycles. The van der Waals surface area contributed by atoms with Crippen LogP contribution in [0.5, 0.6) is 0 Å². The van der Waals surface area contributed by atoms with Crippen LogP contribution in [-0.2, 0) is 16.1 Å². The van der Waals surface area contributed by atoms with Crippen molar-refractivity contribution in [3.8, 4) is 0 Å². The minimum absolute atomic E-state index is 0.0483. The number of morpholine rings is 1. The molecular weight excluding hydrogens is 280 g/mol. The van der Waals surface area contributed by atoms with E-state index in [1.807, 2.05) is 36.2 Å². The second kappa shape index (κ2) is 7.17. The number of hydrogen-bond donors (Lipinski definition) is 1. The molecule has 2 fully saturated rings. The standard InChI is InChI=1S/C16H24N4O2/c1-13-15(18-6-11-22-13)16(21)20-9-7-19(8-10-20)12-14-4-2-3-5-17-14/h2-5,13,15,18H,6-12H2,1H3/t13-,15+/m1/s1. The molecule has 2 aliphatic heterocycles. The lowest BCUT2D eigenvalue weighted by Crippen LogP contribution is -2.59. The maximum absolute atomic E-state index is 12.6. The molecule has 0 aromatic carbocycles. The first-order valence-electron chi connectivity index (χ1n) is 8.00. The van der Waals surface area contributed by atoms with Gasteiger partial charge in [-0.15, -0.1) is 0 Å². The Hall–Kier alpha value is -1.50. The Balaban J connectivity index is 1.50. The molecule has 2 aliphatic rings. The summed E-state index contributed by atoms with van der Waals surface area (Å²) in [5.41, 5.74) is 1.08. The lowest BCUT2D eigenvalue weighted by molar-refractivity contribution is -0.141. The Morgan fingerprint density at radius 1 is 1.36 bits per heavy atom. The van der Waals surface area contributed by atoms with Crippen LogP contribution < -0.4 is 5.32 Å². The second-order valence-electron chi connectivity index (χ2n) is 5.93. The molecule has 1 aromatic rings. The Morgan fingerprint density at radius 3 is 2.86 bits per heavy atom. The van der Waals surface area contributed by atoms with Crippen LogP contribution in [-0.4, -0.2) is 72.2 Å². The number of hydrogen-bond acceptors (Lipinski definition) is 5. The zero-order chi connectivity index (χ0) is 15.4. The third-order valence-electron chi connectivity index (χ3n) is 4.38. The molecule has 3 heterocycles. The summed E-state index contributed by atoms with van der Waals surface area (Å²) in [6.45, 7) is 7.58. The number of carbonyl (C=O) groups excluding carboxylic acids is 1. The Bertz CT molecular complexity index is 488. The van der Waals surface area contributed by atoms with Crippen molar-refractivity contribution in [2.45, 2.75) is 25.6 Å². The van der Waals surface area contributed by atoms with Gasteiger partial charge >= 0.3 is 0 Å². The predicted molar refractivity (Wildman–Crippen MR) is 83.3 cm³/mol. The van der Waals surface area contributed by atoms with Gasteiger partial charge in [0.25, 0.3) is 0 Å². The normalized spacial score (nSPS) is 26.9. The predicted octanol–water partition coefficient (Wildman–Crippen LogP) is 0.103. The van der Waals surface area contributed by atoms with Gasteiger partial charge in [-0.2, -0.15) is 0 Å². The first kappa shape index (κ1) is 15.4. The highest BCUT2D eigenvalue weighted by Crippen LogP contribution is 2.11. The average Bonchev–Trinajstić information content (AvgIpc) is 2.56. The van der Waals surface area contributed by atoms with E-state index < -0.39 is 0 Å². The van der Waals surface area contributed by atoms with Crippen LogP contribution >= 0.6 is 0 Å². The number of rotatable bonds is 3. The van der Waals surface area contributed by atoms with Gasteiger partial charge in [0.05, 0.1) is 18.4 Å². The van der Waals surface area contributed by atoms with E-state index in [2.05, 4.69) is 15.2 Å². The van der Waals surface area contributed by atoms with E-state index >= 15 is 0 Å². The highest BCUT2D eigenvalue weighted by atomic mass is 16.5. The van der Waals surface area contributed by atoms with E-state index in [4.69, 9.17) is 4.74 Å². The zero-order valence-corrected chi connectivity index (χ0v) is 13.1. The van der Waals surface area contributed by atoms with E-state index in [9.17, 15) is 4.79 Å². The van der Waals surface area contributed by atoms with Gasteiger partial charge in [0.1, 0.15) is 6.04 Å². The van der Waals surface area contributed by atoms with Gasteiger partial charge in [0.15, 0.2) is 0 Å². The lowest BCUT2D eigenvalue weighted by Gasteiger charge is -2.38. The fourth-order valence-electron chi connectivity index (χ4n) is 3.05. The van der Waals surface area contributed by atoms with Crippen molar-refractivity contribution >= 4 is 5.91 Å². The van der Waals surface area contributed by atoms with Gasteiger partial charge in [0, 0.05) is 45.5 Å². The van der Waals surface area contributed by atoms with E-state index in [-0.39, 0.29) is 18.1 Å². The van der Waals surface area contributed by atoms with Crippen molar-refractivity contribution in [3.63, 3.8) is 0 Å². The van der Waals surface area contributed by atoms with Crippen LogP contribution in [0.25, 0.3) is 0 Å². The molecule has 0 unspecified atom stereocenters. The van der Waals surface area contributed by atoms with Gasteiger partial charge in [-0.3, -0.25) is 14.7 Å². The third kappa shape index (κ3) is 3.63. The van der Waals surface area contributed by atoms with Crippen molar-refractivity contribution in [1.82, 2.24) is 20.1 Å². The Labute approximate surface area is 131 Å². The highest BCUT2D eigenvalue weighted by Gasteiger charge is 2.33. The fourth-order valence-corrected chi connectivity index (χ4v) is 3.05. The van der Waals surface area contributed by atoms with Crippen molar-refractivity contribution in [3.05, 3.63) is 30.1 Å². The number of aromatic nitrogens is 1. The number of piperazine rings is 1. The first-order chi connectivity index (χ1) is 10.7. The average molecular weight is 304 g/mol. The number of nitrogens with zero attached hydrogens (tertiary/aromatic N) is 3. The number of ether oxygens (including phenoxy) is 1. The molecule has 22 heavy (non-hydrogen) atoms. The highest BCUT2D eigenvalue weighted by molar-refractivity contribution is 5.82. The molecule has 3 rings (SSSR count). The van der Waals surface area contributed by atoms with Gasteiger partial charge in [-0.05, 0) is 19.1 Å². The van der Waals surface area contributed by atoms with Crippen molar-refractivity contribution in [2.24, 2.45) is 0 Å². The molecule has 0 spiro atoms. The van der Waals surface area contributed by atoms with Crippen LogP contribution in [0.4, 0.5) is 0 Å². The van der Waals surface area contributed by atoms with Gasteiger partial charge < -0.3 is 15.0 Å². The molecule has 0 bridgehead atoms. The molecule has 6 nitrogen and oxygen atoms in total. The number of carbonyl (C=O) groups is 1. The van der Waals surface area contributed by atoms with E-state index in [0.717, 1.165) is 45.0 Å². The molecule has 2 atom stereocenters. The summed E-state index contributed by atoms with van der Waals surface area (Å²) in [6, 6.07) is 5.79. The van der Waals surface area contributed by atoms with Gasteiger partial charge in [-0.1, -0.05) is 6.07 Å². The van der Waals surface area contributed by atoms with Crippen LogP contribution in [0, 0.1) is 0 Å². The molecular formula is C16H24N4O2. The molecule has 6 heteroatoms. The number of amides is 1. The third-order valence-corrected chi connectivity index (χ3v) is 4.38. The topological polar surface area (TPSA) is 57.7 Å². The number of nitrogens with one attached hydrogen (secondary N) is 1. The Kier molecular flexibility index (Phi) is 5.02. The molecule has 1 aromatic heterocycles. The van der Waals surface area contributed by atoms with E-state index in [0.29, 0.717) is 6.61 Å². The zero-order valence-electron chi connectivity index (χ0n) is 13.1. The van der Waals surface area contributed by atoms with Crippen LogP contribution in [0.3, 0.4) is 0 Å². The summed E-state index contributed by atoms with van der Waals surface area (Å²) in [7, 11) is 0. The quantitative estimate of drug-likeness (QED) is 0.858. The molecule has 1 N–H and O–H groups in total. The molecule has 120 valence electrons. The first-order valence-corrected chi connectivity index (χ1v) is 8.00. The van der Waals surface area contributed by atoms with Crippen molar-refractivity contribution < 1.29 is 9.53 Å². The summed E-state index contributed by atoms with van der Waals surface area (Å²) < 4.78 is 5.57. The largest absolute Gasteiger partial charge is 0.375 e. The maximum Gasteiger partial charge on any atom is 0.242 e. The summed E-state index contributed by atoms with van der Waals surface area (Å²) in [5.74, 6) is 0.171. The molecule has 1 amide bonds. The lowest BCUT2D eigenvalue weighted by atomic mass is 10.1. The van der Waals surface area contributed by atoms with Crippen molar-refractivity contribution in [2.75, 3.05) is 39.3 Å². The second-order valence-corrected chi connectivity index (χ2v) is 5.93. The fraction of sp³-hybridized carbons (Fsp3) is 0.625. The SMILES string of the molecule is C[C@H]1OCCN[C@@H]1C(=O)N1CCN(Cc2ccccn2)CC1. The van der Waals surface area contributed by atoms with Crippen molar-refractivity contribution in [1.29, 1.82) is 0 Å². The summed E-state index contributed by atoms with van der Waals surface area (Å²) in [6.07, 6.45) is 1.78. The Morgan fingerprint density at radius 2 is 2.18 bits per heavy atom. The molecule has 0 radical (unpaired) electrons. The van der Waals surface area contributed by atoms with Crippen LogP contribution in [0.15, 0.2) is 24.4 Å². The van der Waals surface area contributed by atoms with Crippen LogP contribution in [0.1, 0.15) is 12.6 Å². The van der Waals surface area contributed by atoms with E-state index in [1.54, 1.807) is 0 Å². The molecule has 0 aliphatic carbocycles. The summed E-state index contributed by atoms with van der Waals surface area (Å²) in [4.78, 5) is 21.2. The van der Waals surface area contributed by atoms with Crippen LogP contribution in [0.2, 0.25) is 0 Å². The summed E-state index contributed by atoms with van der Waals surface area (Å²) in [5, 5.41) is 3.28. The maximum atomic E-state index is 12.6. The number of pyridine rings is 1. The summed E-state index contributed by atoms with van der Waals surface area (Å²) >= 11 is 0. The minimum Gasteiger partial charge on any atom is -0.375 e. The molecule has 0 saturated carbocycles. The smallest absolute Gasteiger partial charge is 0.242 e.